The molecule has 2 saturated heterocycles. The van der Waals surface area contributed by atoms with E-state index >= 15 is 0 Å². The molecule has 2 fully saturated rings. The lowest BCUT2D eigenvalue weighted by Crippen LogP contribution is -2.51. The van der Waals surface area contributed by atoms with E-state index in [0.717, 1.165) is 49.0 Å². The van der Waals surface area contributed by atoms with Crippen LogP contribution in [0.2, 0.25) is 0 Å². The molecular formula is C39H45N9O3. The molecule has 4 aromatic rings. The van der Waals surface area contributed by atoms with Gasteiger partial charge in [-0.3, -0.25) is 24.6 Å². The number of nitrogens with zero attached hydrogens (tertiary/aromatic N) is 7. The first-order chi connectivity index (χ1) is 24.6. The fourth-order valence-electron chi connectivity index (χ4n) is 7.49. The van der Waals surface area contributed by atoms with Crippen molar-refractivity contribution < 1.29 is 14.3 Å². The number of nitrogens with two attached hydrogens (primary N) is 1. The van der Waals surface area contributed by atoms with Gasteiger partial charge in [0.05, 0.1) is 23.8 Å². The Kier molecular flexibility index (Phi) is 9.43. The molecule has 51 heavy (non-hydrogen) atoms. The van der Waals surface area contributed by atoms with Gasteiger partial charge in [0, 0.05) is 73.6 Å². The number of pyridine rings is 1. The average Bonchev–Trinajstić information content (AvgIpc) is 3.71. The maximum atomic E-state index is 14.1. The van der Waals surface area contributed by atoms with Crippen LogP contribution in [0, 0.1) is 10.8 Å². The number of likely N-dealkylation sites (tertiary alicyclic amines) is 1. The lowest BCUT2D eigenvalue weighted by Gasteiger charge is -2.39. The van der Waals surface area contributed by atoms with Crippen molar-refractivity contribution in [3.63, 3.8) is 0 Å². The molecular weight excluding hydrogens is 642 g/mol. The average molecular weight is 688 g/mol. The molecule has 3 aliphatic heterocycles. The number of hydrogen-bond acceptors (Lipinski definition) is 9. The van der Waals surface area contributed by atoms with Crippen LogP contribution >= 0.6 is 0 Å². The Balaban J connectivity index is 0.968. The Bertz CT molecular complexity index is 1970. The molecule has 1 spiro atoms. The Morgan fingerprint density at radius 1 is 1.02 bits per heavy atom. The highest BCUT2D eigenvalue weighted by Gasteiger charge is 2.49. The highest BCUT2D eigenvalue weighted by atomic mass is 16.5. The smallest absolute Gasteiger partial charge is 0.237 e. The number of carbonyl (C=O) groups is 2. The van der Waals surface area contributed by atoms with Crippen molar-refractivity contribution in [3.8, 4) is 17.3 Å². The summed E-state index contributed by atoms with van der Waals surface area (Å²) in [5.41, 5.74) is 11.8. The van der Waals surface area contributed by atoms with Gasteiger partial charge in [-0.05, 0) is 81.5 Å². The van der Waals surface area contributed by atoms with Crippen LogP contribution in [0.4, 0.5) is 11.4 Å². The van der Waals surface area contributed by atoms with E-state index in [4.69, 9.17) is 15.9 Å². The van der Waals surface area contributed by atoms with Crippen LogP contribution in [-0.4, -0.2) is 92.4 Å². The topological polar surface area (TPSA) is 147 Å². The maximum absolute atomic E-state index is 14.1. The summed E-state index contributed by atoms with van der Waals surface area (Å²) >= 11 is 0. The summed E-state index contributed by atoms with van der Waals surface area (Å²) in [6.45, 7) is 7.36. The number of nitrogens with one attached hydrogen (secondary N) is 1. The number of rotatable bonds is 9. The first-order valence-electron chi connectivity index (χ1n) is 17.7. The van der Waals surface area contributed by atoms with E-state index in [1.54, 1.807) is 35.4 Å². The van der Waals surface area contributed by atoms with Crippen LogP contribution in [0.3, 0.4) is 0 Å². The fraction of sp³-hybridized carbons (Fsp3) is 0.385. The summed E-state index contributed by atoms with van der Waals surface area (Å²) in [6, 6.07) is 17.3. The molecule has 7 rings (SSSR count). The van der Waals surface area contributed by atoms with Crippen LogP contribution in [0.1, 0.15) is 56.2 Å². The quantitative estimate of drug-likeness (QED) is 0.189. The lowest BCUT2D eigenvalue weighted by molar-refractivity contribution is -0.135. The summed E-state index contributed by atoms with van der Waals surface area (Å²) < 4.78 is 7.34. The van der Waals surface area contributed by atoms with Gasteiger partial charge < -0.3 is 20.3 Å². The third-order valence-electron chi connectivity index (χ3n) is 10.2. The van der Waals surface area contributed by atoms with Crippen molar-refractivity contribution in [2.24, 2.45) is 12.5 Å². The third kappa shape index (κ3) is 7.14. The molecule has 0 radical (unpaired) electrons. The molecule has 1 atom stereocenters. The standard InChI is InChI=1S/C39H45N9O3/c1-26(2)51-34-12-9-30(22-42-34)36(41)32-21-31(10-11-33(32)40)48-20-16-39(38(48)50)15-4-17-46(24-39)23-35(49)47-18-13-28(14-19-47)27-5-7-29(8-6-27)37-43-25-45(3)44-37/h5-13,21-22,25-26,41H,4,14-20,23-24,40H2,1-3H3/t39-/m0/s1. The van der Waals surface area contributed by atoms with Gasteiger partial charge in [0.1, 0.15) is 6.33 Å². The number of carbonyl (C=O) groups excluding carboxylic acids is 2. The molecule has 2 aromatic heterocycles. The van der Waals surface area contributed by atoms with E-state index < -0.39 is 5.41 Å². The van der Waals surface area contributed by atoms with E-state index in [1.807, 2.05) is 55.0 Å². The number of amides is 2. The summed E-state index contributed by atoms with van der Waals surface area (Å²) in [5, 5.41) is 13.3. The molecule has 12 heteroatoms. The van der Waals surface area contributed by atoms with E-state index in [2.05, 4.69) is 38.2 Å². The summed E-state index contributed by atoms with van der Waals surface area (Å²) in [7, 11) is 1.85. The molecule has 2 aromatic carbocycles. The second-order valence-electron chi connectivity index (χ2n) is 14.1. The number of nitrogen functional groups attached to an aromatic ring is 1. The predicted octanol–water partition coefficient (Wildman–Crippen LogP) is 4.80. The number of benzene rings is 2. The summed E-state index contributed by atoms with van der Waals surface area (Å²) in [6.07, 6.45) is 8.63. The number of ether oxygens (including phenoxy) is 1. The largest absolute Gasteiger partial charge is 0.475 e. The number of aryl methyl sites for hydroxylation is 1. The molecule has 0 saturated carbocycles. The first kappa shape index (κ1) is 34.1. The van der Waals surface area contributed by atoms with Crippen molar-refractivity contribution in [1.82, 2.24) is 29.5 Å². The van der Waals surface area contributed by atoms with Crippen molar-refractivity contribution in [2.45, 2.75) is 45.6 Å². The molecule has 0 bridgehead atoms. The number of aromatic nitrogens is 4. The fourth-order valence-corrected chi connectivity index (χ4v) is 7.49. The van der Waals surface area contributed by atoms with Crippen LogP contribution in [0.5, 0.6) is 5.88 Å². The van der Waals surface area contributed by atoms with Crippen LogP contribution in [0.15, 0.2) is 73.2 Å². The van der Waals surface area contributed by atoms with Gasteiger partial charge in [-0.1, -0.05) is 30.3 Å². The zero-order chi connectivity index (χ0) is 35.7. The highest BCUT2D eigenvalue weighted by Crippen LogP contribution is 2.42. The van der Waals surface area contributed by atoms with E-state index in [0.29, 0.717) is 61.2 Å². The Hall–Kier alpha value is -5.36. The van der Waals surface area contributed by atoms with Gasteiger partial charge in [-0.2, -0.15) is 5.10 Å². The molecule has 5 heterocycles. The van der Waals surface area contributed by atoms with Gasteiger partial charge in [0.25, 0.3) is 0 Å². The van der Waals surface area contributed by atoms with Gasteiger partial charge in [-0.25, -0.2) is 9.97 Å². The minimum Gasteiger partial charge on any atom is -0.475 e. The van der Waals surface area contributed by atoms with E-state index in [1.165, 1.54) is 5.57 Å². The second-order valence-corrected chi connectivity index (χ2v) is 14.1. The number of hydrogen-bond donors (Lipinski definition) is 2. The molecule has 264 valence electrons. The van der Waals surface area contributed by atoms with Gasteiger partial charge in [-0.15, -0.1) is 0 Å². The Morgan fingerprint density at radius 2 is 1.82 bits per heavy atom. The molecule has 12 nitrogen and oxygen atoms in total. The van der Waals surface area contributed by atoms with Crippen LogP contribution in [-0.2, 0) is 16.6 Å². The monoisotopic (exact) mass is 687 g/mol. The maximum Gasteiger partial charge on any atom is 0.237 e. The van der Waals surface area contributed by atoms with Crippen molar-refractivity contribution in [2.75, 3.05) is 49.9 Å². The third-order valence-corrected chi connectivity index (χ3v) is 10.2. The van der Waals surface area contributed by atoms with E-state index in [9.17, 15) is 9.59 Å². The van der Waals surface area contributed by atoms with Gasteiger partial charge >= 0.3 is 0 Å². The molecule has 0 unspecified atom stereocenters. The number of anilines is 2. The van der Waals surface area contributed by atoms with Crippen LogP contribution < -0.4 is 15.4 Å². The van der Waals surface area contributed by atoms with Crippen molar-refractivity contribution in [3.05, 3.63) is 89.9 Å². The highest BCUT2D eigenvalue weighted by molar-refractivity contribution is 6.14. The first-order valence-corrected chi connectivity index (χ1v) is 17.7. The minimum atomic E-state index is -0.532. The van der Waals surface area contributed by atoms with E-state index in [-0.39, 0.29) is 23.6 Å². The Morgan fingerprint density at radius 3 is 2.51 bits per heavy atom. The molecule has 3 N–H and O–H groups in total. The predicted molar refractivity (Wildman–Crippen MR) is 197 cm³/mol. The summed E-state index contributed by atoms with van der Waals surface area (Å²) in [4.78, 5) is 42.2. The minimum absolute atomic E-state index is 0.00125. The van der Waals surface area contributed by atoms with Gasteiger partial charge in [0.15, 0.2) is 5.82 Å². The van der Waals surface area contributed by atoms with Crippen molar-refractivity contribution >= 4 is 34.5 Å². The lowest BCUT2D eigenvalue weighted by atomic mass is 9.78. The zero-order valence-corrected chi connectivity index (χ0v) is 29.5. The molecule has 2 amide bonds. The van der Waals surface area contributed by atoms with Crippen LogP contribution in [0.25, 0.3) is 17.0 Å². The SMILES string of the molecule is CC(C)Oc1ccc(C(=N)c2cc(N3CC[C@]4(CCCN(CC(=O)N5CC=C(c6ccc(-c7ncn(C)n7)cc6)CC5)C4)C3=O)ccc2N)cn1. The molecule has 3 aliphatic rings. The summed E-state index contributed by atoms with van der Waals surface area (Å²) in [5.74, 6) is 1.38. The Labute approximate surface area is 298 Å². The molecule has 0 aliphatic carbocycles. The normalized spacial score (nSPS) is 19.5. The van der Waals surface area contributed by atoms with Crippen molar-refractivity contribution in [1.29, 1.82) is 5.41 Å². The number of piperidine rings is 1. The zero-order valence-electron chi connectivity index (χ0n) is 29.5. The second kappa shape index (κ2) is 14.1. The van der Waals surface area contributed by atoms with Gasteiger partial charge in [0.2, 0.25) is 17.7 Å².